The molecule has 1 aliphatic carbocycles. The van der Waals surface area contributed by atoms with Gasteiger partial charge in [-0.3, -0.25) is 4.79 Å². The maximum Gasteiger partial charge on any atom is 0.420 e. The van der Waals surface area contributed by atoms with Gasteiger partial charge in [-0.25, -0.2) is 14.4 Å². The number of imide groups is 1. The molecule has 10 heteroatoms. The van der Waals surface area contributed by atoms with Crippen molar-refractivity contribution < 1.29 is 42.9 Å². The number of rotatable bonds is 6. The van der Waals surface area contributed by atoms with Gasteiger partial charge in [0.05, 0.1) is 5.92 Å². The molecule has 1 aliphatic heterocycles. The van der Waals surface area contributed by atoms with Gasteiger partial charge in [0.1, 0.15) is 35.6 Å². The van der Waals surface area contributed by atoms with Crippen LogP contribution in [0.3, 0.4) is 0 Å². The van der Waals surface area contributed by atoms with Crippen LogP contribution in [0, 0.1) is 11.8 Å². The minimum Gasteiger partial charge on any atom is -0.459 e. The summed E-state index contributed by atoms with van der Waals surface area (Å²) in [6.07, 6.45) is 0.269. The van der Waals surface area contributed by atoms with Crippen LogP contribution < -0.4 is 0 Å². The van der Waals surface area contributed by atoms with Crippen molar-refractivity contribution in [1.82, 2.24) is 4.90 Å². The number of ether oxygens (including phenoxy) is 5. The molecule has 0 spiro atoms. The van der Waals surface area contributed by atoms with Crippen molar-refractivity contribution in [2.24, 2.45) is 11.8 Å². The molecule has 4 atom stereocenters. The van der Waals surface area contributed by atoms with Crippen molar-refractivity contribution >= 4 is 24.1 Å². The third kappa shape index (κ3) is 10.6. The molecule has 4 unspecified atom stereocenters. The standard InChI is InChI=1S/C29H49NO9/c1-18(2)17-35-23-19(3)36-25(32)21(15-12-16-22(23)37-24(31)20-13-10-11-14-20)30(26(33)38-28(4,5)6)27(34)39-29(7,8)9/h18-23H,10-17H2,1-9H3. The molecular formula is C29H49NO9. The Morgan fingerprint density at radius 1 is 0.897 bits per heavy atom. The lowest BCUT2D eigenvalue weighted by molar-refractivity contribution is -0.180. The molecular weight excluding hydrogens is 506 g/mol. The molecule has 39 heavy (non-hydrogen) atoms. The molecule has 2 rings (SSSR count). The van der Waals surface area contributed by atoms with E-state index in [-0.39, 0.29) is 24.2 Å². The Balaban J connectivity index is 2.36. The summed E-state index contributed by atoms with van der Waals surface area (Å²) in [7, 11) is 0. The molecule has 0 aromatic carbocycles. The minimum absolute atomic E-state index is 0.0818. The van der Waals surface area contributed by atoms with Gasteiger partial charge in [0.15, 0.2) is 0 Å². The first kappa shape index (κ1) is 32.8. The van der Waals surface area contributed by atoms with E-state index in [0.29, 0.717) is 24.3 Å². The minimum atomic E-state index is -1.29. The second-order valence-corrected chi connectivity index (χ2v) is 13.1. The molecule has 1 saturated carbocycles. The van der Waals surface area contributed by atoms with Crippen LogP contribution in [0.15, 0.2) is 0 Å². The number of hydrogen-bond donors (Lipinski definition) is 0. The highest BCUT2D eigenvalue weighted by molar-refractivity contribution is 5.94. The molecule has 0 aromatic heterocycles. The molecule has 0 N–H and O–H groups in total. The average Bonchev–Trinajstić information content (AvgIpc) is 3.30. The number of nitrogens with zero attached hydrogens (tertiary/aromatic N) is 1. The Hall–Kier alpha value is -2.36. The third-order valence-electron chi connectivity index (χ3n) is 6.44. The molecule has 0 radical (unpaired) electrons. The summed E-state index contributed by atoms with van der Waals surface area (Å²) in [6.45, 7) is 16.1. The molecule has 10 nitrogen and oxygen atoms in total. The Bertz CT molecular complexity index is 824. The van der Waals surface area contributed by atoms with Crippen molar-refractivity contribution in [3.63, 3.8) is 0 Å². The van der Waals surface area contributed by atoms with Gasteiger partial charge in [0.2, 0.25) is 0 Å². The number of hydrogen-bond acceptors (Lipinski definition) is 9. The van der Waals surface area contributed by atoms with Crippen LogP contribution in [-0.4, -0.2) is 71.2 Å². The highest BCUT2D eigenvalue weighted by Crippen LogP contribution is 2.30. The smallest absolute Gasteiger partial charge is 0.420 e. The summed E-state index contributed by atoms with van der Waals surface area (Å²) >= 11 is 0. The summed E-state index contributed by atoms with van der Waals surface area (Å²) in [5.74, 6) is -0.965. The maximum atomic E-state index is 13.5. The van der Waals surface area contributed by atoms with E-state index in [0.717, 1.165) is 25.7 Å². The zero-order chi connectivity index (χ0) is 29.5. The number of esters is 2. The van der Waals surface area contributed by atoms with Crippen LogP contribution in [0.1, 0.15) is 107 Å². The van der Waals surface area contributed by atoms with Crippen LogP contribution in [0.4, 0.5) is 9.59 Å². The summed E-state index contributed by atoms with van der Waals surface area (Å²) in [5.41, 5.74) is -1.83. The van der Waals surface area contributed by atoms with Gasteiger partial charge in [0, 0.05) is 6.61 Å². The lowest BCUT2D eigenvalue weighted by atomic mass is 10.0. The summed E-state index contributed by atoms with van der Waals surface area (Å²) in [5, 5.41) is 0. The quantitative estimate of drug-likeness (QED) is 0.296. The molecule has 0 bridgehead atoms. The maximum absolute atomic E-state index is 13.5. The molecule has 2 amide bonds. The molecule has 1 saturated heterocycles. The molecule has 224 valence electrons. The molecule has 2 fully saturated rings. The van der Waals surface area contributed by atoms with Gasteiger partial charge < -0.3 is 23.7 Å². The fraction of sp³-hybridized carbons (Fsp3) is 0.862. The number of carbonyl (C=O) groups excluding carboxylic acids is 4. The highest BCUT2D eigenvalue weighted by Gasteiger charge is 2.44. The van der Waals surface area contributed by atoms with Crippen LogP contribution in [0.25, 0.3) is 0 Å². The fourth-order valence-electron chi connectivity index (χ4n) is 4.69. The van der Waals surface area contributed by atoms with E-state index in [1.54, 1.807) is 48.5 Å². The summed E-state index contributed by atoms with van der Waals surface area (Å²) in [6, 6.07) is -1.29. The fourth-order valence-corrected chi connectivity index (χ4v) is 4.69. The Labute approximate surface area is 233 Å². The predicted molar refractivity (Wildman–Crippen MR) is 144 cm³/mol. The van der Waals surface area contributed by atoms with Crippen molar-refractivity contribution in [3.8, 4) is 0 Å². The molecule has 0 aromatic rings. The lowest BCUT2D eigenvalue weighted by Gasteiger charge is -2.33. The van der Waals surface area contributed by atoms with Crippen molar-refractivity contribution in [3.05, 3.63) is 0 Å². The van der Waals surface area contributed by atoms with E-state index in [1.807, 2.05) is 13.8 Å². The SMILES string of the molecule is CC(C)COC1C(C)OC(=O)C(N(C(=O)OC(C)(C)C)C(=O)OC(C)(C)C)CCCC1OC(=O)C1CCCC1. The van der Waals surface area contributed by atoms with Gasteiger partial charge in [0.25, 0.3) is 0 Å². The van der Waals surface area contributed by atoms with Crippen LogP contribution in [0.5, 0.6) is 0 Å². The van der Waals surface area contributed by atoms with E-state index in [1.165, 1.54) is 0 Å². The number of cyclic esters (lactones) is 1. The Morgan fingerprint density at radius 3 is 1.92 bits per heavy atom. The van der Waals surface area contributed by atoms with E-state index in [4.69, 9.17) is 23.7 Å². The van der Waals surface area contributed by atoms with Crippen molar-refractivity contribution in [2.75, 3.05) is 6.61 Å². The first-order valence-electron chi connectivity index (χ1n) is 14.3. The van der Waals surface area contributed by atoms with E-state index in [9.17, 15) is 19.2 Å². The van der Waals surface area contributed by atoms with Gasteiger partial charge in [-0.05, 0) is 86.5 Å². The average molecular weight is 556 g/mol. The zero-order valence-corrected chi connectivity index (χ0v) is 25.2. The molecule has 1 heterocycles. The largest absolute Gasteiger partial charge is 0.459 e. The van der Waals surface area contributed by atoms with E-state index >= 15 is 0 Å². The van der Waals surface area contributed by atoms with Gasteiger partial charge in [-0.2, -0.15) is 4.90 Å². The van der Waals surface area contributed by atoms with Crippen LogP contribution in [0.2, 0.25) is 0 Å². The van der Waals surface area contributed by atoms with Crippen LogP contribution >= 0.6 is 0 Å². The zero-order valence-electron chi connectivity index (χ0n) is 25.2. The van der Waals surface area contributed by atoms with Crippen molar-refractivity contribution in [1.29, 1.82) is 0 Å². The second kappa shape index (κ2) is 13.8. The van der Waals surface area contributed by atoms with E-state index in [2.05, 4.69) is 0 Å². The van der Waals surface area contributed by atoms with E-state index < -0.39 is 53.7 Å². The van der Waals surface area contributed by atoms with Crippen LogP contribution in [-0.2, 0) is 33.3 Å². The summed E-state index contributed by atoms with van der Waals surface area (Å²) in [4.78, 5) is 53.5. The first-order chi connectivity index (χ1) is 18.0. The van der Waals surface area contributed by atoms with Gasteiger partial charge in [-0.15, -0.1) is 0 Å². The lowest BCUT2D eigenvalue weighted by Crippen LogP contribution is -2.53. The third-order valence-corrected chi connectivity index (χ3v) is 6.44. The highest BCUT2D eigenvalue weighted by atomic mass is 16.6. The summed E-state index contributed by atoms with van der Waals surface area (Å²) < 4.78 is 28.9. The molecule has 2 aliphatic rings. The Morgan fingerprint density at radius 2 is 1.44 bits per heavy atom. The number of carbonyl (C=O) groups is 4. The Kier molecular flexibility index (Phi) is 11.6. The van der Waals surface area contributed by atoms with Crippen molar-refractivity contribution in [2.45, 2.75) is 143 Å². The van der Waals surface area contributed by atoms with Gasteiger partial charge in [-0.1, -0.05) is 26.7 Å². The second-order valence-electron chi connectivity index (χ2n) is 13.1. The first-order valence-corrected chi connectivity index (χ1v) is 14.3. The van der Waals surface area contributed by atoms with Gasteiger partial charge >= 0.3 is 24.1 Å². The number of amides is 2. The normalized spacial score (nSPS) is 25.2. The topological polar surface area (TPSA) is 118 Å². The monoisotopic (exact) mass is 555 g/mol. The predicted octanol–water partition coefficient (Wildman–Crippen LogP) is 5.79.